The van der Waals surface area contributed by atoms with Crippen molar-refractivity contribution in [2.24, 2.45) is 5.73 Å². The first kappa shape index (κ1) is 12.3. The lowest BCUT2D eigenvalue weighted by atomic mass is 10.1. The number of sulfone groups is 1. The first-order valence-electron chi connectivity index (χ1n) is 5.46. The summed E-state index contributed by atoms with van der Waals surface area (Å²) in [5, 5.41) is 0. The molecule has 1 heterocycles. The highest BCUT2D eigenvalue weighted by Gasteiger charge is 2.29. The van der Waals surface area contributed by atoms with Gasteiger partial charge in [0, 0.05) is 13.2 Å². The van der Waals surface area contributed by atoms with E-state index in [0.29, 0.717) is 23.0 Å². The van der Waals surface area contributed by atoms with Crippen LogP contribution in [0.25, 0.3) is 6.08 Å². The maximum atomic E-state index is 12.2. The Bertz CT molecular complexity index is 561. The van der Waals surface area contributed by atoms with Gasteiger partial charge in [0.25, 0.3) is 0 Å². The zero-order chi connectivity index (χ0) is 12.5. The third kappa shape index (κ3) is 2.13. The van der Waals surface area contributed by atoms with Gasteiger partial charge < -0.3 is 10.5 Å². The lowest BCUT2D eigenvalue weighted by Gasteiger charge is -2.05. The minimum Gasteiger partial charge on any atom is -0.376 e. The predicted octanol–water partition coefficient (Wildman–Crippen LogP) is 1.31. The Morgan fingerprint density at radius 3 is 2.76 bits per heavy atom. The lowest BCUT2D eigenvalue weighted by molar-refractivity contribution is 0.175. The van der Waals surface area contributed by atoms with Crippen molar-refractivity contribution in [2.75, 3.05) is 13.2 Å². The van der Waals surface area contributed by atoms with E-state index in [0.717, 1.165) is 11.1 Å². The van der Waals surface area contributed by atoms with Crippen LogP contribution in [-0.2, 0) is 21.1 Å². The van der Waals surface area contributed by atoms with Crippen molar-refractivity contribution in [2.45, 2.75) is 18.4 Å². The molecule has 17 heavy (non-hydrogen) atoms. The summed E-state index contributed by atoms with van der Waals surface area (Å²) < 4.78 is 29.5. The van der Waals surface area contributed by atoms with Crippen molar-refractivity contribution in [1.29, 1.82) is 0 Å². The van der Waals surface area contributed by atoms with Gasteiger partial charge in [0.2, 0.25) is 9.84 Å². The van der Waals surface area contributed by atoms with Crippen LogP contribution in [0.2, 0.25) is 0 Å². The highest BCUT2D eigenvalue weighted by atomic mass is 32.2. The molecule has 0 aliphatic carbocycles. The summed E-state index contributed by atoms with van der Waals surface area (Å²) >= 11 is 0. The highest BCUT2D eigenvalue weighted by molar-refractivity contribution is 7.95. The van der Waals surface area contributed by atoms with Gasteiger partial charge in [-0.1, -0.05) is 12.1 Å². The molecule has 0 bridgehead atoms. The quantitative estimate of drug-likeness (QED) is 0.878. The largest absolute Gasteiger partial charge is 0.376 e. The SMILES string of the molecule is CCOCC1=Cc2ccc(CN)cc2S1(=O)=O. The molecule has 0 unspecified atom stereocenters. The molecule has 0 aromatic heterocycles. The molecule has 1 aliphatic rings. The summed E-state index contributed by atoms with van der Waals surface area (Å²) in [5.41, 5.74) is 7.05. The van der Waals surface area contributed by atoms with Crippen LogP contribution in [-0.4, -0.2) is 21.6 Å². The van der Waals surface area contributed by atoms with Gasteiger partial charge in [-0.15, -0.1) is 0 Å². The smallest absolute Gasteiger partial charge is 0.205 e. The fourth-order valence-corrected chi connectivity index (χ4v) is 3.32. The van der Waals surface area contributed by atoms with Crippen LogP contribution in [0.3, 0.4) is 0 Å². The van der Waals surface area contributed by atoms with Crippen LogP contribution in [0.1, 0.15) is 18.1 Å². The summed E-state index contributed by atoms with van der Waals surface area (Å²) in [6, 6.07) is 5.27. The van der Waals surface area contributed by atoms with Crippen molar-refractivity contribution in [3.8, 4) is 0 Å². The molecule has 92 valence electrons. The first-order valence-corrected chi connectivity index (χ1v) is 6.94. The molecule has 0 amide bonds. The van der Waals surface area contributed by atoms with Crippen molar-refractivity contribution >= 4 is 15.9 Å². The minimum atomic E-state index is -3.37. The molecule has 0 fully saturated rings. The van der Waals surface area contributed by atoms with E-state index in [-0.39, 0.29) is 6.61 Å². The van der Waals surface area contributed by atoms with Gasteiger partial charge in [-0.05, 0) is 30.2 Å². The molecule has 1 aromatic carbocycles. The summed E-state index contributed by atoms with van der Waals surface area (Å²) in [4.78, 5) is 0.665. The van der Waals surface area contributed by atoms with E-state index in [1.165, 1.54) is 0 Å². The number of hydrogen-bond donors (Lipinski definition) is 1. The summed E-state index contributed by atoms with van der Waals surface area (Å²) in [7, 11) is -3.37. The number of hydrogen-bond acceptors (Lipinski definition) is 4. The van der Waals surface area contributed by atoms with E-state index in [1.54, 1.807) is 18.2 Å². The molecular formula is C12H15NO3S. The minimum absolute atomic E-state index is 0.130. The topological polar surface area (TPSA) is 69.4 Å². The zero-order valence-electron chi connectivity index (χ0n) is 9.64. The van der Waals surface area contributed by atoms with Gasteiger partial charge in [0.1, 0.15) is 0 Å². The van der Waals surface area contributed by atoms with Gasteiger partial charge in [-0.25, -0.2) is 8.42 Å². The second-order valence-corrected chi connectivity index (χ2v) is 5.80. The Balaban J connectivity index is 2.41. The van der Waals surface area contributed by atoms with Gasteiger partial charge in [-0.3, -0.25) is 0 Å². The molecule has 0 spiro atoms. The summed E-state index contributed by atoms with van der Waals surface area (Å²) in [6.07, 6.45) is 1.67. The van der Waals surface area contributed by atoms with Crippen LogP contribution in [0.15, 0.2) is 28.0 Å². The van der Waals surface area contributed by atoms with Crippen molar-refractivity contribution in [3.63, 3.8) is 0 Å². The molecule has 1 aliphatic heterocycles. The molecule has 0 saturated heterocycles. The van der Waals surface area contributed by atoms with E-state index >= 15 is 0 Å². The van der Waals surface area contributed by atoms with Crippen molar-refractivity contribution in [1.82, 2.24) is 0 Å². The fourth-order valence-electron chi connectivity index (χ4n) is 1.77. The average Bonchev–Trinajstić information content (AvgIpc) is 2.58. The average molecular weight is 253 g/mol. The maximum Gasteiger partial charge on any atom is 0.205 e. The molecule has 1 aromatic rings. The third-order valence-electron chi connectivity index (χ3n) is 2.71. The van der Waals surface area contributed by atoms with Crippen LogP contribution in [0.5, 0.6) is 0 Å². The highest BCUT2D eigenvalue weighted by Crippen LogP contribution is 2.33. The lowest BCUT2D eigenvalue weighted by Crippen LogP contribution is -2.07. The molecule has 2 N–H and O–H groups in total. The molecule has 0 radical (unpaired) electrons. The Hall–Kier alpha value is -1.17. The van der Waals surface area contributed by atoms with Crippen LogP contribution in [0.4, 0.5) is 0 Å². The number of fused-ring (bicyclic) bond motifs is 1. The van der Waals surface area contributed by atoms with E-state index in [2.05, 4.69) is 0 Å². The molecule has 0 atom stereocenters. The van der Waals surface area contributed by atoms with Crippen molar-refractivity contribution in [3.05, 3.63) is 34.2 Å². The Morgan fingerprint density at radius 1 is 1.35 bits per heavy atom. The van der Waals surface area contributed by atoms with E-state index in [4.69, 9.17) is 10.5 Å². The van der Waals surface area contributed by atoms with Crippen LogP contribution >= 0.6 is 0 Å². The summed E-state index contributed by atoms with van der Waals surface area (Å²) in [5.74, 6) is 0. The first-order chi connectivity index (χ1) is 8.09. The van der Waals surface area contributed by atoms with Crippen molar-refractivity contribution < 1.29 is 13.2 Å². The fraction of sp³-hybridized carbons (Fsp3) is 0.333. The maximum absolute atomic E-state index is 12.2. The van der Waals surface area contributed by atoms with E-state index in [9.17, 15) is 8.42 Å². The monoisotopic (exact) mass is 253 g/mol. The third-order valence-corrected chi connectivity index (χ3v) is 4.57. The molecule has 2 rings (SSSR count). The van der Waals surface area contributed by atoms with E-state index in [1.807, 2.05) is 13.0 Å². The molecule has 4 nitrogen and oxygen atoms in total. The van der Waals surface area contributed by atoms with Gasteiger partial charge in [0.05, 0.1) is 16.4 Å². The zero-order valence-corrected chi connectivity index (χ0v) is 10.5. The van der Waals surface area contributed by atoms with Crippen LogP contribution in [0, 0.1) is 0 Å². The molecule has 0 saturated carbocycles. The Labute approximate surface area is 101 Å². The second-order valence-electron chi connectivity index (χ2n) is 3.83. The second kappa shape index (κ2) is 4.60. The number of nitrogens with two attached hydrogens (primary N) is 1. The van der Waals surface area contributed by atoms with Gasteiger partial charge in [-0.2, -0.15) is 0 Å². The Morgan fingerprint density at radius 2 is 2.12 bits per heavy atom. The Kier molecular flexibility index (Phi) is 3.33. The molecular weight excluding hydrogens is 238 g/mol. The number of rotatable bonds is 4. The van der Waals surface area contributed by atoms with Gasteiger partial charge in [0.15, 0.2) is 0 Å². The van der Waals surface area contributed by atoms with Crippen LogP contribution < -0.4 is 5.73 Å². The summed E-state index contributed by atoms with van der Waals surface area (Å²) in [6.45, 7) is 2.80. The molecule has 5 heteroatoms. The normalized spacial score (nSPS) is 16.7. The standard InChI is InChI=1S/C12H15NO3S/c1-2-16-8-11-6-10-4-3-9(7-13)5-12(10)17(11,14)15/h3-6H,2,7-8,13H2,1H3. The van der Waals surface area contributed by atoms with Gasteiger partial charge >= 0.3 is 0 Å². The predicted molar refractivity (Wildman–Crippen MR) is 66.0 cm³/mol. The number of ether oxygens (including phenoxy) is 1. The van der Waals surface area contributed by atoms with E-state index < -0.39 is 9.84 Å². The number of benzene rings is 1.